The van der Waals surface area contributed by atoms with Crippen LogP contribution in [-0.4, -0.2) is 9.97 Å². The van der Waals surface area contributed by atoms with Crippen LogP contribution >= 0.6 is 0 Å². The van der Waals surface area contributed by atoms with Gasteiger partial charge in [-0.2, -0.15) is 5.53 Å². The molecule has 7 nitrogen and oxygen atoms in total. The summed E-state index contributed by atoms with van der Waals surface area (Å²) in [6.45, 7) is 0. The lowest BCUT2D eigenvalue weighted by Gasteiger charge is -2.22. The summed E-state index contributed by atoms with van der Waals surface area (Å²) in [7, 11) is 0. The van der Waals surface area contributed by atoms with Gasteiger partial charge in [0.05, 0.1) is 23.8 Å². The van der Waals surface area contributed by atoms with E-state index in [0.29, 0.717) is 11.4 Å². The minimum absolute atomic E-state index is 0.0752. The molecular formula is C22H17F2N5O2. The third-order valence-electron chi connectivity index (χ3n) is 4.19. The first-order valence-electron chi connectivity index (χ1n) is 9.17. The van der Waals surface area contributed by atoms with E-state index < -0.39 is 11.6 Å². The van der Waals surface area contributed by atoms with Gasteiger partial charge in [0.25, 0.3) is 0 Å². The molecular weight excluding hydrogens is 404 g/mol. The molecule has 0 aliphatic rings. The second-order valence-electron chi connectivity index (χ2n) is 6.24. The fourth-order valence-corrected chi connectivity index (χ4v) is 2.71. The van der Waals surface area contributed by atoms with Crippen molar-refractivity contribution in [2.24, 2.45) is 5.84 Å². The number of halogens is 2. The van der Waals surface area contributed by atoms with E-state index in [0.717, 1.165) is 0 Å². The molecule has 3 N–H and O–H groups in total. The highest BCUT2D eigenvalue weighted by molar-refractivity contribution is 5.60. The molecule has 0 aliphatic heterocycles. The van der Waals surface area contributed by atoms with E-state index in [2.05, 4.69) is 15.5 Å². The highest BCUT2D eigenvalue weighted by Crippen LogP contribution is 2.28. The molecule has 2 aromatic carbocycles. The molecule has 0 bridgehead atoms. The first-order valence-corrected chi connectivity index (χ1v) is 9.17. The van der Waals surface area contributed by atoms with Gasteiger partial charge in [0.2, 0.25) is 11.8 Å². The largest absolute Gasteiger partial charge is 0.436 e. The molecule has 0 saturated carbocycles. The summed E-state index contributed by atoms with van der Waals surface area (Å²) in [5.74, 6) is 5.28. The zero-order valence-corrected chi connectivity index (χ0v) is 16.1. The van der Waals surface area contributed by atoms with Crippen LogP contribution in [0.15, 0.2) is 85.2 Å². The van der Waals surface area contributed by atoms with E-state index in [9.17, 15) is 8.78 Å². The number of hydrogen-bond donors (Lipinski definition) is 2. The minimum atomic E-state index is -0.484. The highest BCUT2D eigenvalue weighted by atomic mass is 19.1. The Morgan fingerprint density at radius 1 is 0.677 bits per heavy atom. The second kappa shape index (κ2) is 9.16. The minimum Gasteiger partial charge on any atom is -0.436 e. The molecule has 4 rings (SSSR count). The summed E-state index contributed by atoms with van der Waals surface area (Å²) in [5, 5.41) is 1.51. The number of hydrazine groups is 2. The molecule has 0 saturated heterocycles. The molecule has 2 heterocycles. The maximum atomic E-state index is 13.7. The Labute approximate surface area is 176 Å². The molecule has 156 valence electrons. The number of ether oxygens (including phenoxy) is 2. The lowest BCUT2D eigenvalue weighted by Crippen LogP contribution is -2.39. The van der Waals surface area contributed by atoms with Crippen LogP contribution in [0.25, 0.3) is 0 Å². The third kappa shape index (κ3) is 4.74. The third-order valence-corrected chi connectivity index (χ3v) is 4.19. The van der Waals surface area contributed by atoms with Crippen LogP contribution in [0.5, 0.6) is 23.3 Å². The van der Waals surface area contributed by atoms with Crippen LogP contribution in [0, 0.1) is 11.6 Å². The van der Waals surface area contributed by atoms with E-state index in [1.807, 2.05) is 0 Å². The van der Waals surface area contributed by atoms with Gasteiger partial charge in [-0.1, -0.05) is 24.3 Å². The highest BCUT2D eigenvalue weighted by Gasteiger charge is 2.12. The van der Waals surface area contributed by atoms with E-state index in [-0.39, 0.29) is 23.3 Å². The first-order chi connectivity index (χ1) is 15.1. The lowest BCUT2D eigenvalue weighted by atomic mass is 10.3. The summed E-state index contributed by atoms with van der Waals surface area (Å²) >= 11 is 0. The second-order valence-corrected chi connectivity index (χ2v) is 6.24. The van der Waals surface area contributed by atoms with Crippen molar-refractivity contribution in [3.8, 4) is 23.3 Å². The quantitative estimate of drug-likeness (QED) is 0.326. The van der Waals surface area contributed by atoms with Gasteiger partial charge in [-0.25, -0.2) is 18.7 Å². The molecule has 0 unspecified atom stereocenters. The number of para-hydroxylation sites is 2. The van der Waals surface area contributed by atoms with Gasteiger partial charge in [-0.15, -0.1) is 0 Å². The van der Waals surface area contributed by atoms with Gasteiger partial charge >= 0.3 is 0 Å². The van der Waals surface area contributed by atoms with Crippen molar-refractivity contribution >= 4 is 11.4 Å². The van der Waals surface area contributed by atoms with Crippen LogP contribution < -0.4 is 25.9 Å². The number of nitrogens with zero attached hydrogens (tertiary/aromatic N) is 3. The number of pyridine rings is 2. The summed E-state index contributed by atoms with van der Waals surface area (Å²) in [6, 6.07) is 18.6. The number of aromatic nitrogens is 2. The van der Waals surface area contributed by atoms with Crippen LogP contribution in [0.3, 0.4) is 0 Å². The standard InChI is InChI=1S/C22H17F2N5O2/c23-17-5-1-3-7-19(17)30-21-11-9-15(13-26-21)29(28-25)16-10-12-22(27-14-16)31-20-8-4-2-6-18(20)24/h1-14,28H,25H2. The zero-order chi connectivity index (χ0) is 21.6. The summed E-state index contributed by atoms with van der Waals surface area (Å²) in [5.41, 5.74) is 3.70. The van der Waals surface area contributed by atoms with Crippen molar-refractivity contribution in [2.75, 3.05) is 5.01 Å². The Morgan fingerprint density at radius 2 is 1.13 bits per heavy atom. The maximum Gasteiger partial charge on any atom is 0.219 e. The van der Waals surface area contributed by atoms with Crippen molar-refractivity contribution in [2.45, 2.75) is 0 Å². The molecule has 31 heavy (non-hydrogen) atoms. The Balaban J connectivity index is 1.48. The normalized spacial score (nSPS) is 10.5. The molecule has 4 aromatic rings. The zero-order valence-electron chi connectivity index (χ0n) is 16.1. The van der Waals surface area contributed by atoms with Crippen molar-refractivity contribution in [1.29, 1.82) is 0 Å². The SMILES string of the molecule is NNN(c1ccc(Oc2ccccc2F)nc1)c1ccc(Oc2ccccc2F)nc1. The van der Waals surface area contributed by atoms with E-state index >= 15 is 0 Å². The fourth-order valence-electron chi connectivity index (χ4n) is 2.71. The van der Waals surface area contributed by atoms with Crippen LogP contribution in [0.4, 0.5) is 20.2 Å². The molecule has 0 radical (unpaired) electrons. The molecule has 2 aromatic heterocycles. The van der Waals surface area contributed by atoms with Gasteiger partial charge in [-0.05, 0) is 36.4 Å². The van der Waals surface area contributed by atoms with Crippen LogP contribution in [0.2, 0.25) is 0 Å². The van der Waals surface area contributed by atoms with Gasteiger partial charge < -0.3 is 9.47 Å². The predicted molar refractivity (Wildman–Crippen MR) is 111 cm³/mol. The van der Waals surface area contributed by atoms with Crippen LogP contribution in [0.1, 0.15) is 0 Å². The average molecular weight is 421 g/mol. The number of benzene rings is 2. The van der Waals surface area contributed by atoms with Crippen molar-refractivity contribution in [3.63, 3.8) is 0 Å². The molecule has 0 fully saturated rings. The molecule has 0 spiro atoms. The average Bonchev–Trinajstić information content (AvgIpc) is 2.80. The Kier molecular flexibility index (Phi) is 5.97. The Bertz CT molecular complexity index is 1070. The maximum absolute atomic E-state index is 13.7. The van der Waals surface area contributed by atoms with Gasteiger partial charge in [-0.3, -0.25) is 10.9 Å². The van der Waals surface area contributed by atoms with Gasteiger partial charge in [0.1, 0.15) is 0 Å². The Morgan fingerprint density at radius 3 is 1.48 bits per heavy atom. The summed E-state index contributed by atoms with van der Waals surface area (Å²) in [6.07, 6.45) is 3.00. The van der Waals surface area contributed by atoms with Crippen molar-refractivity contribution in [1.82, 2.24) is 15.5 Å². The number of hydrogen-bond acceptors (Lipinski definition) is 7. The van der Waals surface area contributed by atoms with E-state index in [4.69, 9.17) is 15.3 Å². The molecule has 0 aliphatic carbocycles. The molecule has 9 heteroatoms. The first kappa shape index (κ1) is 20.2. The summed E-state index contributed by atoms with van der Waals surface area (Å²) < 4.78 is 38.3. The van der Waals surface area contributed by atoms with Gasteiger partial charge in [0.15, 0.2) is 23.1 Å². The topological polar surface area (TPSA) is 85.5 Å². The lowest BCUT2D eigenvalue weighted by molar-refractivity contribution is 0.427. The summed E-state index contributed by atoms with van der Waals surface area (Å²) in [4.78, 5) is 8.36. The van der Waals surface area contributed by atoms with E-state index in [1.54, 1.807) is 48.5 Å². The molecule has 0 amide bonds. The smallest absolute Gasteiger partial charge is 0.219 e. The fraction of sp³-hybridized carbons (Fsp3) is 0. The van der Waals surface area contributed by atoms with Gasteiger partial charge in [0, 0.05) is 12.1 Å². The van der Waals surface area contributed by atoms with Crippen molar-refractivity contribution < 1.29 is 18.3 Å². The van der Waals surface area contributed by atoms with E-state index in [1.165, 1.54) is 41.7 Å². The number of nitrogens with two attached hydrogens (primary N) is 1. The monoisotopic (exact) mass is 421 g/mol. The number of nitrogens with one attached hydrogen (secondary N) is 1. The van der Waals surface area contributed by atoms with Crippen LogP contribution in [-0.2, 0) is 0 Å². The molecule has 0 atom stereocenters. The predicted octanol–water partition coefficient (Wildman–Crippen LogP) is 4.86. The number of rotatable bonds is 7. The Hall–Kier alpha value is -4.08. The van der Waals surface area contributed by atoms with Crippen molar-refractivity contribution in [3.05, 3.63) is 96.8 Å². The number of anilines is 2.